The number of rotatable bonds is 3. The first kappa shape index (κ1) is 28.6. The fourth-order valence-electron chi connectivity index (χ4n) is 8.63. The molecule has 1 aromatic heterocycles. The van der Waals surface area contributed by atoms with Crippen molar-refractivity contribution in [1.82, 2.24) is 0 Å². The Hall–Kier alpha value is -5.38. The van der Waals surface area contributed by atoms with Crippen LogP contribution in [-0.2, 0) is 10.8 Å². The van der Waals surface area contributed by atoms with Crippen LogP contribution >= 0.6 is 11.3 Å². The fourth-order valence-corrected chi connectivity index (χ4v) is 9.77. The molecule has 10 rings (SSSR count). The molecule has 0 atom stereocenters. The van der Waals surface area contributed by atoms with Gasteiger partial charge in [0.15, 0.2) is 0 Å². The van der Waals surface area contributed by atoms with Crippen LogP contribution in [0.15, 0.2) is 146 Å². The van der Waals surface area contributed by atoms with Gasteiger partial charge in [0.1, 0.15) is 0 Å². The Morgan fingerprint density at radius 1 is 0.449 bits per heavy atom. The summed E-state index contributed by atoms with van der Waals surface area (Å²) in [5.41, 5.74) is 12.5. The Morgan fingerprint density at radius 2 is 1.04 bits per heavy atom. The van der Waals surface area contributed by atoms with Crippen LogP contribution in [0.2, 0.25) is 0 Å². The van der Waals surface area contributed by atoms with E-state index in [4.69, 9.17) is 0 Å². The molecule has 0 saturated heterocycles. The molecular weight excluding hydrogens is 613 g/mol. The summed E-state index contributed by atoms with van der Waals surface area (Å²) in [4.78, 5) is 4.99. The summed E-state index contributed by atoms with van der Waals surface area (Å²) in [6.45, 7) is 9.55. The normalized spacial score (nSPS) is 15.2. The van der Waals surface area contributed by atoms with E-state index in [9.17, 15) is 0 Å². The molecule has 49 heavy (non-hydrogen) atoms. The molecule has 3 heteroatoms. The van der Waals surface area contributed by atoms with E-state index in [0.29, 0.717) is 0 Å². The van der Waals surface area contributed by atoms with Crippen LogP contribution in [0.3, 0.4) is 0 Å². The van der Waals surface area contributed by atoms with Gasteiger partial charge in [0.05, 0.1) is 17.1 Å². The zero-order valence-corrected chi connectivity index (χ0v) is 29.0. The van der Waals surface area contributed by atoms with E-state index in [2.05, 4.69) is 183 Å². The number of para-hydroxylation sites is 2. The molecule has 0 radical (unpaired) electrons. The van der Waals surface area contributed by atoms with Crippen LogP contribution in [0.25, 0.3) is 30.9 Å². The second-order valence-electron chi connectivity index (χ2n) is 14.7. The van der Waals surface area contributed by atoms with Gasteiger partial charge < -0.3 is 9.80 Å². The monoisotopic (exact) mass is 648 g/mol. The summed E-state index contributed by atoms with van der Waals surface area (Å²) >= 11 is 1.87. The van der Waals surface area contributed by atoms with Crippen molar-refractivity contribution in [3.63, 3.8) is 0 Å². The van der Waals surface area contributed by atoms with E-state index in [1.165, 1.54) is 70.3 Å². The first-order chi connectivity index (χ1) is 23.8. The lowest BCUT2D eigenvalue weighted by atomic mass is 9.66. The topological polar surface area (TPSA) is 6.48 Å². The summed E-state index contributed by atoms with van der Waals surface area (Å²) in [6.07, 6.45) is 0. The van der Waals surface area contributed by atoms with Gasteiger partial charge in [-0.15, -0.1) is 11.3 Å². The number of hydrogen-bond donors (Lipinski definition) is 0. The van der Waals surface area contributed by atoms with Gasteiger partial charge in [0.2, 0.25) is 0 Å². The molecule has 2 aliphatic heterocycles. The molecule has 0 unspecified atom stereocenters. The minimum Gasteiger partial charge on any atom is -0.310 e. The van der Waals surface area contributed by atoms with Crippen LogP contribution in [0, 0.1) is 0 Å². The van der Waals surface area contributed by atoms with E-state index in [-0.39, 0.29) is 10.8 Å². The molecule has 8 aromatic rings. The third-order valence-corrected chi connectivity index (χ3v) is 12.3. The van der Waals surface area contributed by atoms with Gasteiger partial charge in [-0.05, 0) is 87.6 Å². The van der Waals surface area contributed by atoms with Crippen molar-refractivity contribution < 1.29 is 0 Å². The average Bonchev–Trinajstić information content (AvgIpc) is 3.50. The lowest BCUT2D eigenvalue weighted by molar-refractivity contribution is 0.597. The van der Waals surface area contributed by atoms with E-state index >= 15 is 0 Å². The minimum atomic E-state index is -0.208. The number of nitrogens with zero attached hydrogens (tertiary/aromatic N) is 2. The maximum atomic E-state index is 2.54. The van der Waals surface area contributed by atoms with Gasteiger partial charge in [-0.3, -0.25) is 0 Å². The number of thiophene rings is 1. The largest absolute Gasteiger partial charge is 0.310 e. The zero-order chi connectivity index (χ0) is 33.1. The van der Waals surface area contributed by atoms with Crippen molar-refractivity contribution in [1.29, 1.82) is 0 Å². The maximum Gasteiger partial charge on any atom is 0.0543 e. The minimum absolute atomic E-state index is 0.0932. The van der Waals surface area contributed by atoms with Crippen molar-refractivity contribution in [2.75, 3.05) is 9.80 Å². The molecule has 0 fully saturated rings. The Labute approximate surface area is 291 Å². The van der Waals surface area contributed by atoms with E-state index in [1.54, 1.807) is 0 Å². The van der Waals surface area contributed by atoms with Gasteiger partial charge in [-0.2, -0.15) is 0 Å². The Morgan fingerprint density at radius 3 is 1.90 bits per heavy atom. The smallest absolute Gasteiger partial charge is 0.0543 e. The van der Waals surface area contributed by atoms with Crippen molar-refractivity contribution in [3.8, 4) is 0 Å². The van der Waals surface area contributed by atoms with Gasteiger partial charge in [0.25, 0.3) is 0 Å². The van der Waals surface area contributed by atoms with Crippen LogP contribution < -0.4 is 9.80 Å². The number of fused-ring (bicyclic) bond motifs is 8. The second-order valence-corrected chi connectivity index (χ2v) is 15.7. The molecule has 7 aromatic carbocycles. The Kier molecular flexibility index (Phi) is 5.88. The summed E-state index contributed by atoms with van der Waals surface area (Å²) < 4.78 is 2.63. The molecule has 0 amide bonds. The van der Waals surface area contributed by atoms with E-state index in [0.717, 1.165) is 17.1 Å². The molecule has 0 spiro atoms. The van der Waals surface area contributed by atoms with Crippen LogP contribution in [0.1, 0.15) is 49.9 Å². The van der Waals surface area contributed by atoms with Gasteiger partial charge in [0, 0.05) is 48.1 Å². The number of hydrogen-bond acceptors (Lipinski definition) is 3. The van der Waals surface area contributed by atoms with Crippen LogP contribution in [-0.4, -0.2) is 0 Å². The van der Waals surface area contributed by atoms with Crippen molar-refractivity contribution in [2.24, 2.45) is 0 Å². The predicted molar refractivity (Wildman–Crippen MR) is 210 cm³/mol. The number of benzene rings is 7. The van der Waals surface area contributed by atoms with Gasteiger partial charge in [-0.25, -0.2) is 0 Å². The quantitative estimate of drug-likeness (QED) is 0.188. The predicted octanol–water partition coefficient (Wildman–Crippen LogP) is 13.4. The van der Waals surface area contributed by atoms with Crippen molar-refractivity contribution >= 4 is 76.4 Å². The van der Waals surface area contributed by atoms with Crippen molar-refractivity contribution in [3.05, 3.63) is 168 Å². The maximum absolute atomic E-state index is 2.54. The first-order valence-electron chi connectivity index (χ1n) is 17.2. The Bertz CT molecular complexity index is 2640. The molecule has 0 bridgehead atoms. The lowest BCUT2D eigenvalue weighted by Crippen LogP contribution is -2.38. The van der Waals surface area contributed by atoms with Gasteiger partial charge >= 0.3 is 0 Å². The second kappa shape index (κ2) is 10.1. The summed E-state index contributed by atoms with van der Waals surface area (Å²) in [6, 6.07) is 54.3. The average molecular weight is 649 g/mol. The van der Waals surface area contributed by atoms with E-state index < -0.39 is 0 Å². The molecule has 0 N–H and O–H groups in total. The zero-order valence-electron chi connectivity index (χ0n) is 28.2. The molecule has 236 valence electrons. The molecule has 3 heterocycles. The molecular formula is C46H36N2S. The third-order valence-electron chi connectivity index (χ3n) is 11.2. The highest BCUT2D eigenvalue weighted by Crippen LogP contribution is 2.60. The fraction of sp³-hybridized carbons (Fsp3) is 0.130. The summed E-state index contributed by atoms with van der Waals surface area (Å²) in [7, 11) is 0. The third kappa shape index (κ3) is 4.00. The first-order valence-corrected chi connectivity index (χ1v) is 18.0. The van der Waals surface area contributed by atoms with Crippen molar-refractivity contribution in [2.45, 2.75) is 38.5 Å². The Balaban J connectivity index is 1.21. The molecule has 0 aliphatic carbocycles. The highest BCUT2D eigenvalue weighted by molar-refractivity contribution is 7.25. The van der Waals surface area contributed by atoms with Gasteiger partial charge in [-0.1, -0.05) is 119 Å². The standard InChI is InChI=1S/C46H36N2S/c1-45(2)36-15-8-9-18-40(36)48-41-25-23-32(27-39(41)46(3,4)38-17-11-16-37(45)44(38)48)47(31-21-20-29-12-5-6-13-30(29)26-31)33-22-24-35-34-14-7-10-19-42(34)49-43(35)28-33/h5-28H,1-4H3. The molecule has 2 aliphatic rings. The number of anilines is 6. The molecule has 0 saturated carbocycles. The van der Waals surface area contributed by atoms with Crippen LogP contribution in [0.5, 0.6) is 0 Å². The SMILES string of the molecule is CC1(C)c2ccccc2N2c3ccc(N(c4ccc5ccccc5c4)c4ccc5c(c4)sc4ccccc45)cc3C(C)(C)c3cccc1c32. The highest BCUT2D eigenvalue weighted by atomic mass is 32.1. The van der Waals surface area contributed by atoms with Crippen LogP contribution in [0.4, 0.5) is 34.1 Å². The summed E-state index contributed by atoms with van der Waals surface area (Å²) in [5.74, 6) is 0. The molecule has 2 nitrogen and oxygen atoms in total. The van der Waals surface area contributed by atoms with E-state index in [1.807, 2.05) is 11.3 Å². The lowest BCUT2D eigenvalue weighted by Gasteiger charge is -2.49. The summed E-state index contributed by atoms with van der Waals surface area (Å²) in [5, 5.41) is 5.12. The highest BCUT2D eigenvalue weighted by Gasteiger charge is 2.45.